The largest absolute Gasteiger partial charge is 0.380 e. The lowest BCUT2D eigenvalue weighted by Gasteiger charge is -2.15. The standard InChI is InChI=1S/C14H20N2O2/c1-4-8-15-14(17)11(2)16-13-7-5-6-12(9-13)10-18-3/h4-7,9,11,16H,1,8,10H2,2-3H3,(H,15,17)/t11-/m1/s1. The zero-order chi connectivity index (χ0) is 13.4. The van der Waals surface area contributed by atoms with Crippen molar-refractivity contribution in [2.45, 2.75) is 19.6 Å². The number of carbonyl (C=O) groups is 1. The topological polar surface area (TPSA) is 50.4 Å². The number of amides is 1. The summed E-state index contributed by atoms with van der Waals surface area (Å²) in [6, 6.07) is 7.53. The van der Waals surface area contributed by atoms with Crippen LogP contribution in [0.2, 0.25) is 0 Å². The van der Waals surface area contributed by atoms with Crippen LogP contribution in [0.4, 0.5) is 5.69 Å². The van der Waals surface area contributed by atoms with Gasteiger partial charge >= 0.3 is 0 Å². The van der Waals surface area contributed by atoms with Crippen LogP contribution in [0, 0.1) is 0 Å². The highest BCUT2D eigenvalue weighted by Gasteiger charge is 2.11. The summed E-state index contributed by atoms with van der Waals surface area (Å²) >= 11 is 0. The molecule has 0 radical (unpaired) electrons. The second-order valence-electron chi connectivity index (χ2n) is 4.03. The first-order valence-electron chi connectivity index (χ1n) is 5.90. The summed E-state index contributed by atoms with van der Waals surface area (Å²) in [5, 5.41) is 5.90. The van der Waals surface area contributed by atoms with Gasteiger partial charge in [0.2, 0.25) is 5.91 Å². The van der Waals surface area contributed by atoms with E-state index in [9.17, 15) is 4.79 Å². The molecule has 0 saturated carbocycles. The second kappa shape index (κ2) is 7.50. The molecule has 4 nitrogen and oxygen atoms in total. The number of hydrogen-bond acceptors (Lipinski definition) is 3. The van der Waals surface area contributed by atoms with Gasteiger partial charge < -0.3 is 15.4 Å². The van der Waals surface area contributed by atoms with Crippen molar-refractivity contribution in [2.24, 2.45) is 0 Å². The maximum absolute atomic E-state index is 11.7. The van der Waals surface area contributed by atoms with E-state index in [2.05, 4.69) is 17.2 Å². The number of benzene rings is 1. The second-order valence-corrected chi connectivity index (χ2v) is 4.03. The number of hydrogen-bond donors (Lipinski definition) is 2. The van der Waals surface area contributed by atoms with E-state index in [1.165, 1.54) is 0 Å². The highest BCUT2D eigenvalue weighted by Crippen LogP contribution is 2.12. The maximum Gasteiger partial charge on any atom is 0.242 e. The summed E-state index contributed by atoms with van der Waals surface area (Å²) in [6.07, 6.45) is 1.66. The van der Waals surface area contributed by atoms with Crippen LogP contribution in [0.5, 0.6) is 0 Å². The number of methoxy groups -OCH3 is 1. The number of anilines is 1. The summed E-state index contributed by atoms with van der Waals surface area (Å²) in [4.78, 5) is 11.7. The monoisotopic (exact) mass is 248 g/mol. The first-order valence-corrected chi connectivity index (χ1v) is 5.90. The van der Waals surface area contributed by atoms with Gasteiger partial charge in [-0.3, -0.25) is 4.79 Å². The minimum absolute atomic E-state index is 0.0490. The van der Waals surface area contributed by atoms with E-state index in [0.29, 0.717) is 13.2 Å². The zero-order valence-corrected chi connectivity index (χ0v) is 10.9. The van der Waals surface area contributed by atoms with Gasteiger partial charge in [0.05, 0.1) is 6.61 Å². The third-order valence-corrected chi connectivity index (χ3v) is 2.44. The molecule has 2 N–H and O–H groups in total. The fourth-order valence-electron chi connectivity index (χ4n) is 1.56. The Hall–Kier alpha value is -1.81. The van der Waals surface area contributed by atoms with Crippen LogP contribution in [0.1, 0.15) is 12.5 Å². The van der Waals surface area contributed by atoms with Crippen molar-refractivity contribution in [2.75, 3.05) is 19.0 Å². The molecule has 0 saturated heterocycles. The van der Waals surface area contributed by atoms with Crippen LogP contribution in [-0.4, -0.2) is 25.6 Å². The molecule has 1 rings (SSSR count). The fraction of sp³-hybridized carbons (Fsp3) is 0.357. The van der Waals surface area contributed by atoms with Gasteiger partial charge in [-0.1, -0.05) is 18.2 Å². The van der Waals surface area contributed by atoms with Crippen molar-refractivity contribution in [3.05, 3.63) is 42.5 Å². The number of rotatable bonds is 7. The summed E-state index contributed by atoms with van der Waals surface area (Å²) in [7, 11) is 1.66. The van der Waals surface area contributed by atoms with Crippen molar-refractivity contribution >= 4 is 11.6 Å². The minimum atomic E-state index is -0.289. The molecule has 4 heteroatoms. The lowest BCUT2D eigenvalue weighted by Crippen LogP contribution is -2.37. The van der Waals surface area contributed by atoms with Gasteiger partial charge in [0.1, 0.15) is 6.04 Å². The first-order chi connectivity index (χ1) is 8.67. The van der Waals surface area contributed by atoms with E-state index in [-0.39, 0.29) is 11.9 Å². The molecule has 0 bridgehead atoms. The smallest absolute Gasteiger partial charge is 0.242 e. The molecular formula is C14H20N2O2. The molecule has 0 aliphatic heterocycles. The average Bonchev–Trinajstić information content (AvgIpc) is 2.36. The Bertz CT molecular complexity index is 405. The average molecular weight is 248 g/mol. The molecule has 0 aliphatic rings. The molecule has 98 valence electrons. The van der Waals surface area contributed by atoms with Gasteiger partial charge in [0.25, 0.3) is 0 Å². The van der Waals surface area contributed by atoms with Crippen molar-refractivity contribution in [1.82, 2.24) is 5.32 Å². The summed E-state index contributed by atoms with van der Waals surface area (Å²) < 4.78 is 5.07. The Balaban J connectivity index is 2.57. The summed E-state index contributed by atoms with van der Waals surface area (Å²) in [6.45, 7) is 6.42. The lowest BCUT2D eigenvalue weighted by molar-refractivity contribution is -0.121. The van der Waals surface area contributed by atoms with Crippen LogP contribution in [-0.2, 0) is 16.1 Å². The third kappa shape index (κ3) is 4.59. The molecule has 0 spiro atoms. The molecule has 0 fully saturated rings. The molecule has 0 aromatic heterocycles. The van der Waals surface area contributed by atoms with Crippen molar-refractivity contribution in [3.8, 4) is 0 Å². The van der Waals surface area contributed by atoms with E-state index < -0.39 is 0 Å². The van der Waals surface area contributed by atoms with Crippen LogP contribution in [0.25, 0.3) is 0 Å². The molecular weight excluding hydrogens is 228 g/mol. The Kier molecular flexibility index (Phi) is 5.94. The zero-order valence-electron chi connectivity index (χ0n) is 10.9. The molecule has 0 aliphatic carbocycles. The fourth-order valence-corrected chi connectivity index (χ4v) is 1.56. The summed E-state index contributed by atoms with van der Waals surface area (Å²) in [5.74, 6) is -0.0490. The van der Waals surface area contributed by atoms with Crippen LogP contribution in [0.15, 0.2) is 36.9 Å². The lowest BCUT2D eigenvalue weighted by atomic mass is 10.2. The highest BCUT2D eigenvalue weighted by molar-refractivity contribution is 5.84. The molecule has 1 amide bonds. The molecule has 1 aromatic carbocycles. The summed E-state index contributed by atoms with van der Waals surface area (Å²) in [5.41, 5.74) is 1.98. The Labute approximate surface area is 108 Å². The number of carbonyl (C=O) groups excluding carboxylic acids is 1. The normalized spacial score (nSPS) is 11.7. The Morgan fingerprint density at radius 3 is 3.00 bits per heavy atom. The third-order valence-electron chi connectivity index (χ3n) is 2.44. The number of nitrogens with one attached hydrogen (secondary N) is 2. The highest BCUT2D eigenvalue weighted by atomic mass is 16.5. The van der Waals surface area contributed by atoms with E-state index in [1.807, 2.05) is 31.2 Å². The van der Waals surface area contributed by atoms with Crippen molar-refractivity contribution in [1.29, 1.82) is 0 Å². The molecule has 18 heavy (non-hydrogen) atoms. The Morgan fingerprint density at radius 2 is 2.33 bits per heavy atom. The predicted octanol–water partition coefficient (Wildman–Crippen LogP) is 1.94. The predicted molar refractivity (Wildman–Crippen MR) is 73.4 cm³/mol. The van der Waals surface area contributed by atoms with Gasteiger partial charge in [-0.2, -0.15) is 0 Å². The van der Waals surface area contributed by atoms with Gasteiger partial charge in [0.15, 0.2) is 0 Å². The quantitative estimate of drug-likeness (QED) is 0.725. The molecule has 0 heterocycles. The van der Waals surface area contributed by atoms with Gasteiger partial charge in [-0.05, 0) is 24.6 Å². The SMILES string of the molecule is C=CCNC(=O)[C@@H](C)Nc1cccc(COC)c1. The molecule has 1 aromatic rings. The first kappa shape index (κ1) is 14.3. The van der Waals surface area contributed by atoms with E-state index in [4.69, 9.17) is 4.74 Å². The Morgan fingerprint density at radius 1 is 1.56 bits per heavy atom. The van der Waals surface area contributed by atoms with Crippen molar-refractivity contribution in [3.63, 3.8) is 0 Å². The van der Waals surface area contributed by atoms with E-state index >= 15 is 0 Å². The van der Waals surface area contributed by atoms with Gasteiger partial charge in [-0.15, -0.1) is 6.58 Å². The van der Waals surface area contributed by atoms with Crippen LogP contribution in [0.3, 0.4) is 0 Å². The molecule has 0 unspecified atom stereocenters. The maximum atomic E-state index is 11.7. The van der Waals surface area contributed by atoms with Crippen molar-refractivity contribution < 1.29 is 9.53 Å². The van der Waals surface area contributed by atoms with Crippen LogP contribution < -0.4 is 10.6 Å². The van der Waals surface area contributed by atoms with E-state index in [0.717, 1.165) is 11.3 Å². The minimum Gasteiger partial charge on any atom is -0.380 e. The molecule has 1 atom stereocenters. The van der Waals surface area contributed by atoms with Crippen LogP contribution >= 0.6 is 0 Å². The van der Waals surface area contributed by atoms with Gasteiger partial charge in [0, 0.05) is 19.3 Å². The van der Waals surface area contributed by atoms with E-state index in [1.54, 1.807) is 13.2 Å². The van der Waals surface area contributed by atoms with Gasteiger partial charge in [-0.25, -0.2) is 0 Å². The number of ether oxygens (including phenoxy) is 1.